The number of urea groups is 1. The van der Waals surface area contributed by atoms with Crippen molar-refractivity contribution in [3.8, 4) is 5.75 Å². The average molecular weight is 291 g/mol. The lowest BCUT2D eigenvalue weighted by Gasteiger charge is -2.13. The Balaban J connectivity index is 2.03. The summed E-state index contributed by atoms with van der Waals surface area (Å²) in [6.45, 7) is -0.523. The number of methoxy groups -OCH3 is 1. The highest BCUT2D eigenvalue weighted by atomic mass is 16.5. The summed E-state index contributed by atoms with van der Waals surface area (Å²) in [7, 11) is 2.67. The molecule has 0 unspecified atom stereocenters. The van der Waals surface area contributed by atoms with Gasteiger partial charge >= 0.3 is 17.8 Å². The van der Waals surface area contributed by atoms with E-state index in [9.17, 15) is 19.2 Å². The van der Waals surface area contributed by atoms with Gasteiger partial charge in [0.05, 0.1) is 7.11 Å². The number of imide groups is 2. The van der Waals surface area contributed by atoms with Gasteiger partial charge in [-0.3, -0.25) is 19.3 Å². The van der Waals surface area contributed by atoms with E-state index in [1.807, 2.05) is 0 Å². The van der Waals surface area contributed by atoms with Gasteiger partial charge in [0.1, 0.15) is 12.3 Å². The number of nitrogens with one attached hydrogen (secondary N) is 1. The lowest BCUT2D eigenvalue weighted by molar-refractivity contribution is -0.143. The highest BCUT2D eigenvalue weighted by Crippen LogP contribution is 2.17. The minimum atomic E-state index is -1.01. The van der Waals surface area contributed by atoms with Gasteiger partial charge in [0.15, 0.2) is 0 Å². The molecule has 0 saturated carbocycles. The zero-order valence-electron chi connectivity index (χ0n) is 11.5. The Kier molecular flexibility index (Phi) is 3.88. The summed E-state index contributed by atoms with van der Waals surface area (Å²) in [4.78, 5) is 47.6. The van der Waals surface area contributed by atoms with E-state index in [1.54, 1.807) is 24.3 Å². The molecule has 0 bridgehead atoms. The number of rotatable bonds is 4. The van der Waals surface area contributed by atoms with Crippen LogP contribution in [0.3, 0.4) is 0 Å². The van der Waals surface area contributed by atoms with E-state index in [2.05, 4.69) is 5.32 Å². The van der Waals surface area contributed by atoms with Crippen LogP contribution in [0.1, 0.15) is 0 Å². The number of carbonyl (C=O) groups excluding carboxylic acids is 4. The number of anilines is 1. The summed E-state index contributed by atoms with van der Waals surface area (Å²) in [6, 6.07) is 5.79. The largest absolute Gasteiger partial charge is 0.497 e. The molecular weight excluding hydrogens is 278 g/mol. The molecule has 0 aromatic heterocycles. The number of ether oxygens (including phenoxy) is 1. The monoisotopic (exact) mass is 291 g/mol. The van der Waals surface area contributed by atoms with Crippen molar-refractivity contribution in [2.75, 3.05) is 26.0 Å². The van der Waals surface area contributed by atoms with Crippen LogP contribution in [0.4, 0.5) is 10.5 Å². The minimum absolute atomic E-state index is 0.457. The molecule has 1 heterocycles. The van der Waals surface area contributed by atoms with Crippen molar-refractivity contribution in [2.24, 2.45) is 0 Å². The highest BCUT2D eigenvalue weighted by Gasteiger charge is 2.42. The first-order valence-electron chi connectivity index (χ1n) is 6.01. The van der Waals surface area contributed by atoms with E-state index in [1.165, 1.54) is 14.2 Å². The van der Waals surface area contributed by atoms with E-state index < -0.39 is 30.3 Å². The van der Waals surface area contributed by atoms with Crippen LogP contribution in [0.5, 0.6) is 5.75 Å². The Morgan fingerprint density at radius 3 is 2.52 bits per heavy atom. The summed E-state index contributed by atoms with van der Waals surface area (Å²) in [5.41, 5.74) is 0.457. The van der Waals surface area contributed by atoms with E-state index >= 15 is 0 Å². The Hall–Kier alpha value is -2.90. The molecular formula is C13H13N3O5. The lowest BCUT2D eigenvalue weighted by Crippen LogP contribution is -2.38. The maximum Gasteiger partial charge on any atom is 0.334 e. The zero-order chi connectivity index (χ0) is 15.6. The molecule has 1 aromatic rings. The molecule has 110 valence electrons. The van der Waals surface area contributed by atoms with Crippen LogP contribution in [0.15, 0.2) is 24.3 Å². The topological polar surface area (TPSA) is 96.0 Å². The molecule has 2 rings (SSSR count). The number of amides is 5. The van der Waals surface area contributed by atoms with Gasteiger partial charge < -0.3 is 10.1 Å². The van der Waals surface area contributed by atoms with Crippen LogP contribution in [-0.4, -0.2) is 54.3 Å². The molecule has 1 aliphatic heterocycles. The van der Waals surface area contributed by atoms with Crippen molar-refractivity contribution in [3.05, 3.63) is 24.3 Å². The van der Waals surface area contributed by atoms with Crippen LogP contribution in [0.2, 0.25) is 0 Å². The van der Waals surface area contributed by atoms with Crippen LogP contribution >= 0.6 is 0 Å². The standard InChI is InChI=1S/C13H13N3O5/c1-15-11(18)12(19)16(13(15)20)7-10(17)14-8-4-3-5-9(6-8)21-2/h3-6H,7H2,1-2H3,(H,14,17). The smallest absolute Gasteiger partial charge is 0.334 e. The molecule has 21 heavy (non-hydrogen) atoms. The number of hydrogen-bond acceptors (Lipinski definition) is 5. The van der Waals surface area contributed by atoms with E-state index in [0.717, 1.165) is 0 Å². The van der Waals surface area contributed by atoms with Crippen LogP contribution in [0, 0.1) is 0 Å². The summed E-state index contributed by atoms with van der Waals surface area (Å²) in [5, 5.41) is 2.52. The number of likely N-dealkylation sites (N-methyl/N-ethyl adjacent to an activating group) is 1. The van der Waals surface area contributed by atoms with Crippen molar-refractivity contribution in [3.63, 3.8) is 0 Å². The van der Waals surface area contributed by atoms with Crippen molar-refractivity contribution in [1.29, 1.82) is 0 Å². The summed E-state index contributed by atoms with van der Waals surface area (Å²) in [6.07, 6.45) is 0. The molecule has 0 radical (unpaired) electrons. The Morgan fingerprint density at radius 1 is 1.24 bits per heavy atom. The first kappa shape index (κ1) is 14.5. The third-order valence-corrected chi connectivity index (χ3v) is 2.91. The first-order valence-corrected chi connectivity index (χ1v) is 6.01. The molecule has 1 aliphatic rings. The third kappa shape index (κ3) is 2.83. The molecule has 0 aliphatic carbocycles. The van der Waals surface area contributed by atoms with Crippen molar-refractivity contribution in [1.82, 2.24) is 9.80 Å². The molecule has 1 aromatic carbocycles. The zero-order valence-corrected chi connectivity index (χ0v) is 11.5. The van der Waals surface area contributed by atoms with Gasteiger partial charge in [-0.15, -0.1) is 0 Å². The fraction of sp³-hybridized carbons (Fsp3) is 0.231. The molecule has 1 saturated heterocycles. The van der Waals surface area contributed by atoms with Gasteiger partial charge in [-0.25, -0.2) is 9.69 Å². The number of benzene rings is 1. The predicted molar refractivity (Wildman–Crippen MR) is 71.5 cm³/mol. The van der Waals surface area contributed by atoms with Gasteiger partial charge in [-0.2, -0.15) is 0 Å². The average Bonchev–Trinajstić information content (AvgIpc) is 2.65. The Morgan fingerprint density at radius 2 is 1.95 bits per heavy atom. The van der Waals surface area contributed by atoms with E-state index in [0.29, 0.717) is 21.2 Å². The van der Waals surface area contributed by atoms with Crippen LogP contribution in [-0.2, 0) is 14.4 Å². The first-order chi connectivity index (χ1) is 9.93. The quantitative estimate of drug-likeness (QED) is 0.625. The number of hydrogen-bond donors (Lipinski definition) is 1. The third-order valence-electron chi connectivity index (χ3n) is 2.91. The molecule has 1 fully saturated rings. The molecule has 8 nitrogen and oxygen atoms in total. The van der Waals surface area contributed by atoms with Crippen LogP contribution in [0.25, 0.3) is 0 Å². The summed E-state index contributed by atoms with van der Waals surface area (Å²) < 4.78 is 5.01. The second-order valence-electron chi connectivity index (χ2n) is 4.32. The van der Waals surface area contributed by atoms with Gasteiger partial charge in [-0.05, 0) is 12.1 Å². The van der Waals surface area contributed by atoms with Gasteiger partial charge in [0.25, 0.3) is 0 Å². The van der Waals surface area contributed by atoms with E-state index in [-0.39, 0.29) is 0 Å². The van der Waals surface area contributed by atoms with Gasteiger partial charge in [0.2, 0.25) is 5.91 Å². The Labute approximate surface area is 120 Å². The fourth-order valence-corrected chi connectivity index (χ4v) is 1.80. The van der Waals surface area contributed by atoms with Gasteiger partial charge in [0, 0.05) is 18.8 Å². The summed E-state index contributed by atoms with van der Waals surface area (Å²) in [5.74, 6) is -2.00. The normalized spacial score (nSPS) is 14.7. The van der Waals surface area contributed by atoms with Crippen molar-refractivity contribution in [2.45, 2.75) is 0 Å². The van der Waals surface area contributed by atoms with Gasteiger partial charge in [-0.1, -0.05) is 6.07 Å². The maximum atomic E-state index is 11.8. The van der Waals surface area contributed by atoms with Crippen LogP contribution < -0.4 is 10.1 Å². The number of carbonyl (C=O) groups is 4. The molecule has 5 amide bonds. The SMILES string of the molecule is COc1cccc(NC(=O)CN2C(=O)C(=O)N(C)C2=O)c1. The molecule has 0 atom stereocenters. The lowest BCUT2D eigenvalue weighted by atomic mass is 10.3. The fourth-order valence-electron chi connectivity index (χ4n) is 1.80. The van der Waals surface area contributed by atoms with Crippen molar-refractivity contribution >= 4 is 29.4 Å². The minimum Gasteiger partial charge on any atom is -0.497 e. The highest BCUT2D eigenvalue weighted by molar-refractivity contribution is 6.44. The Bertz CT molecular complexity index is 628. The molecule has 1 N–H and O–H groups in total. The molecule has 0 spiro atoms. The molecule has 8 heteroatoms. The second-order valence-corrected chi connectivity index (χ2v) is 4.32. The number of nitrogens with zero attached hydrogens (tertiary/aromatic N) is 2. The predicted octanol–water partition coefficient (Wildman–Crippen LogP) is 0.0543. The van der Waals surface area contributed by atoms with E-state index in [4.69, 9.17) is 4.74 Å². The maximum absolute atomic E-state index is 11.8. The summed E-state index contributed by atoms with van der Waals surface area (Å²) >= 11 is 0. The van der Waals surface area contributed by atoms with Crippen molar-refractivity contribution < 1.29 is 23.9 Å². The second kappa shape index (κ2) is 5.61.